The Hall–Kier alpha value is -1.90. The van der Waals surface area contributed by atoms with Crippen molar-refractivity contribution in [1.29, 1.82) is 0 Å². The minimum absolute atomic E-state index is 0.384. The Bertz CT molecular complexity index is 613. The van der Waals surface area contributed by atoms with Crippen LogP contribution in [0.1, 0.15) is 56.1 Å². The van der Waals surface area contributed by atoms with Crippen molar-refractivity contribution in [3.05, 3.63) is 41.7 Å². The summed E-state index contributed by atoms with van der Waals surface area (Å²) in [7, 11) is 1.91. The lowest BCUT2D eigenvalue weighted by Gasteiger charge is -2.26. The second-order valence-electron chi connectivity index (χ2n) is 6.14. The van der Waals surface area contributed by atoms with Gasteiger partial charge >= 0.3 is 0 Å². The van der Waals surface area contributed by atoms with Crippen molar-refractivity contribution in [2.24, 2.45) is 0 Å². The minimum atomic E-state index is 0.384. The van der Waals surface area contributed by atoms with Gasteiger partial charge in [-0.15, -0.1) is 0 Å². The van der Waals surface area contributed by atoms with E-state index < -0.39 is 0 Å². The highest BCUT2D eigenvalue weighted by Crippen LogP contribution is 2.37. The number of nitrogens with one attached hydrogen (secondary N) is 1. The Balaban J connectivity index is 1.99. The third kappa shape index (κ3) is 2.65. The molecule has 0 atom stereocenters. The first-order chi connectivity index (χ1) is 10.2. The van der Waals surface area contributed by atoms with Gasteiger partial charge in [0.15, 0.2) is 0 Å². The number of hydrogen-bond donors (Lipinski definition) is 1. The second kappa shape index (κ2) is 5.84. The summed E-state index contributed by atoms with van der Waals surface area (Å²) in [6, 6.07) is 8.96. The zero-order valence-electron chi connectivity index (χ0n) is 13.1. The van der Waals surface area contributed by atoms with E-state index in [1.54, 1.807) is 6.33 Å². The first-order valence-electron chi connectivity index (χ1n) is 7.83. The summed E-state index contributed by atoms with van der Waals surface area (Å²) in [6.45, 7) is 4.37. The number of benzene rings is 1. The van der Waals surface area contributed by atoms with Gasteiger partial charge in [-0.25, -0.2) is 9.97 Å². The highest BCUT2D eigenvalue weighted by Gasteiger charge is 2.20. The largest absolute Gasteiger partial charge is 0.373 e. The molecule has 0 radical (unpaired) electrons. The van der Waals surface area contributed by atoms with Crippen LogP contribution in [0, 0.1) is 0 Å². The minimum Gasteiger partial charge on any atom is -0.373 e. The molecule has 1 heterocycles. The lowest BCUT2D eigenvalue weighted by atomic mass is 9.80. The van der Waals surface area contributed by atoms with E-state index in [9.17, 15) is 0 Å². The van der Waals surface area contributed by atoms with E-state index in [1.165, 1.54) is 36.0 Å². The molecule has 110 valence electrons. The molecule has 2 aromatic rings. The lowest BCUT2D eigenvalue weighted by Crippen LogP contribution is -2.08. The normalized spacial score (nSPS) is 15.0. The molecule has 1 N–H and O–H groups in total. The van der Waals surface area contributed by atoms with Crippen molar-refractivity contribution >= 4 is 5.82 Å². The molecule has 3 heteroatoms. The maximum absolute atomic E-state index is 4.54. The maximum atomic E-state index is 4.54. The summed E-state index contributed by atoms with van der Waals surface area (Å²) in [4.78, 5) is 8.89. The predicted molar refractivity (Wildman–Crippen MR) is 87.7 cm³/mol. The molecular weight excluding hydrogens is 258 g/mol. The summed E-state index contributed by atoms with van der Waals surface area (Å²) in [6.07, 6.45) is 5.70. The number of rotatable bonds is 4. The molecule has 1 aliphatic carbocycles. The molecule has 1 aromatic carbocycles. The van der Waals surface area contributed by atoms with Crippen molar-refractivity contribution in [2.75, 3.05) is 12.4 Å². The fourth-order valence-electron chi connectivity index (χ4n) is 3.03. The molecule has 3 rings (SSSR count). The van der Waals surface area contributed by atoms with Crippen LogP contribution >= 0.6 is 0 Å². The fraction of sp³-hybridized carbons (Fsp3) is 0.444. The zero-order valence-corrected chi connectivity index (χ0v) is 13.1. The van der Waals surface area contributed by atoms with Crippen molar-refractivity contribution in [3.8, 4) is 11.3 Å². The van der Waals surface area contributed by atoms with E-state index in [0.717, 1.165) is 17.4 Å². The Morgan fingerprint density at radius 3 is 2.33 bits per heavy atom. The third-order valence-corrected chi connectivity index (χ3v) is 4.46. The predicted octanol–water partition coefficient (Wildman–Crippen LogP) is 4.58. The van der Waals surface area contributed by atoms with E-state index >= 15 is 0 Å². The summed E-state index contributed by atoms with van der Waals surface area (Å²) < 4.78 is 0. The van der Waals surface area contributed by atoms with Crippen LogP contribution in [0.2, 0.25) is 0 Å². The van der Waals surface area contributed by atoms with E-state index in [4.69, 9.17) is 0 Å². The average Bonchev–Trinajstić information content (AvgIpc) is 2.45. The molecule has 0 aliphatic heterocycles. The SMILES string of the molecule is CNc1ncnc(-c2ccc(C3CCC3)cc2)c1C(C)C. The molecule has 0 spiro atoms. The molecule has 1 aromatic heterocycles. The van der Waals surface area contributed by atoms with Crippen molar-refractivity contribution in [2.45, 2.75) is 44.9 Å². The van der Waals surface area contributed by atoms with Gasteiger partial charge in [0.1, 0.15) is 12.1 Å². The van der Waals surface area contributed by atoms with Gasteiger partial charge in [-0.3, -0.25) is 0 Å². The van der Waals surface area contributed by atoms with Crippen LogP contribution < -0.4 is 5.32 Å². The van der Waals surface area contributed by atoms with E-state index in [-0.39, 0.29) is 0 Å². The van der Waals surface area contributed by atoms with Gasteiger partial charge in [0.05, 0.1) is 5.69 Å². The van der Waals surface area contributed by atoms with Gasteiger partial charge in [0.2, 0.25) is 0 Å². The lowest BCUT2D eigenvalue weighted by molar-refractivity contribution is 0.420. The molecule has 0 saturated heterocycles. The first kappa shape index (κ1) is 14.1. The van der Waals surface area contributed by atoms with Crippen molar-refractivity contribution in [3.63, 3.8) is 0 Å². The molecule has 1 saturated carbocycles. The van der Waals surface area contributed by atoms with E-state index in [1.807, 2.05) is 7.05 Å². The third-order valence-electron chi connectivity index (χ3n) is 4.46. The molecule has 0 bridgehead atoms. The highest BCUT2D eigenvalue weighted by molar-refractivity contribution is 5.69. The van der Waals surface area contributed by atoms with Crippen LogP contribution in [0.3, 0.4) is 0 Å². The topological polar surface area (TPSA) is 37.8 Å². The molecule has 0 amide bonds. The van der Waals surface area contributed by atoms with Crippen LogP contribution in [0.5, 0.6) is 0 Å². The Morgan fingerprint density at radius 2 is 1.81 bits per heavy atom. The van der Waals surface area contributed by atoms with Gasteiger partial charge in [-0.2, -0.15) is 0 Å². The zero-order chi connectivity index (χ0) is 14.8. The smallest absolute Gasteiger partial charge is 0.133 e. The maximum Gasteiger partial charge on any atom is 0.133 e. The second-order valence-corrected chi connectivity index (χ2v) is 6.14. The monoisotopic (exact) mass is 281 g/mol. The van der Waals surface area contributed by atoms with E-state index in [2.05, 4.69) is 53.4 Å². The number of anilines is 1. The van der Waals surface area contributed by atoms with Gasteiger partial charge < -0.3 is 5.32 Å². The van der Waals surface area contributed by atoms with Crippen molar-refractivity contribution in [1.82, 2.24) is 9.97 Å². The van der Waals surface area contributed by atoms with E-state index in [0.29, 0.717) is 5.92 Å². The van der Waals surface area contributed by atoms with Crippen molar-refractivity contribution < 1.29 is 0 Å². The van der Waals surface area contributed by atoms with Crippen LogP contribution in [-0.4, -0.2) is 17.0 Å². The Labute approximate surface area is 126 Å². The van der Waals surface area contributed by atoms with Crippen LogP contribution in [0.25, 0.3) is 11.3 Å². The molecule has 21 heavy (non-hydrogen) atoms. The molecule has 1 fully saturated rings. The van der Waals surface area contributed by atoms with Gasteiger partial charge in [-0.05, 0) is 30.2 Å². The Morgan fingerprint density at radius 1 is 1.10 bits per heavy atom. The van der Waals surface area contributed by atoms with Gasteiger partial charge in [0, 0.05) is 18.2 Å². The number of aromatic nitrogens is 2. The first-order valence-corrected chi connectivity index (χ1v) is 7.83. The van der Waals surface area contributed by atoms with Gasteiger partial charge in [0.25, 0.3) is 0 Å². The fourth-order valence-corrected chi connectivity index (χ4v) is 3.03. The molecule has 0 unspecified atom stereocenters. The summed E-state index contributed by atoms with van der Waals surface area (Å²) >= 11 is 0. The summed E-state index contributed by atoms with van der Waals surface area (Å²) in [5.74, 6) is 2.09. The van der Waals surface area contributed by atoms with Crippen LogP contribution in [0.4, 0.5) is 5.82 Å². The van der Waals surface area contributed by atoms with Crippen LogP contribution in [-0.2, 0) is 0 Å². The van der Waals surface area contributed by atoms with Gasteiger partial charge in [-0.1, -0.05) is 44.5 Å². The quantitative estimate of drug-likeness (QED) is 0.891. The average molecular weight is 281 g/mol. The summed E-state index contributed by atoms with van der Waals surface area (Å²) in [5.41, 5.74) is 4.89. The number of hydrogen-bond acceptors (Lipinski definition) is 3. The molecular formula is C18H23N3. The summed E-state index contributed by atoms with van der Waals surface area (Å²) in [5, 5.41) is 3.18. The Kier molecular flexibility index (Phi) is 3.91. The highest BCUT2D eigenvalue weighted by atomic mass is 15.0. The molecule has 1 aliphatic rings. The standard InChI is InChI=1S/C18H23N3/c1-12(2)16-17(20-11-21-18(16)19-3)15-9-7-14(8-10-15)13-5-4-6-13/h7-13H,4-6H2,1-3H3,(H,19,20,21). The van der Waals surface area contributed by atoms with Crippen LogP contribution in [0.15, 0.2) is 30.6 Å². The number of nitrogens with zero attached hydrogens (tertiary/aromatic N) is 2. The molecule has 3 nitrogen and oxygen atoms in total.